The van der Waals surface area contributed by atoms with Gasteiger partial charge in [0, 0.05) is 29.8 Å². The Morgan fingerprint density at radius 3 is 2.65 bits per heavy atom. The van der Waals surface area contributed by atoms with Crippen LogP contribution in [0.3, 0.4) is 0 Å². The molecule has 1 aromatic rings. The van der Waals surface area contributed by atoms with Crippen LogP contribution in [-0.2, 0) is 12.7 Å². The van der Waals surface area contributed by atoms with Gasteiger partial charge in [-0.25, -0.2) is 0 Å². The Balaban J connectivity index is 2.09. The maximum absolute atomic E-state index is 13.1. The maximum Gasteiger partial charge on any atom is 0.417 e. The normalized spacial score (nSPS) is 15.6. The zero-order valence-corrected chi connectivity index (χ0v) is 11.9. The monoisotopic (exact) mass is 305 g/mol. The highest BCUT2D eigenvalue weighted by atomic mass is 32.2. The van der Waals surface area contributed by atoms with Crippen LogP contribution in [0.5, 0.6) is 0 Å². The summed E-state index contributed by atoms with van der Waals surface area (Å²) in [5.41, 5.74) is 0.0891. The summed E-state index contributed by atoms with van der Waals surface area (Å²) in [5.74, 6) is 0.485. The smallest absolute Gasteiger partial charge is 0.396 e. The second-order valence-electron chi connectivity index (χ2n) is 4.91. The maximum atomic E-state index is 13.1. The van der Waals surface area contributed by atoms with Gasteiger partial charge in [-0.1, -0.05) is 6.07 Å². The van der Waals surface area contributed by atoms with E-state index < -0.39 is 11.7 Å². The van der Waals surface area contributed by atoms with Crippen LogP contribution < -0.4 is 5.32 Å². The molecule has 0 radical (unpaired) electrons. The molecule has 0 unspecified atom stereocenters. The fourth-order valence-electron chi connectivity index (χ4n) is 1.83. The first-order chi connectivity index (χ1) is 9.50. The lowest BCUT2D eigenvalue weighted by molar-refractivity contribution is -0.139. The zero-order valence-electron chi connectivity index (χ0n) is 11.0. The molecule has 2 N–H and O–H groups in total. The van der Waals surface area contributed by atoms with Crippen molar-refractivity contribution in [3.8, 4) is 0 Å². The molecule has 0 aromatic heterocycles. The Morgan fingerprint density at radius 1 is 1.30 bits per heavy atom. The summed E-state index contributed by atoms with van der Waals surface area (Å²) in [6.45, 7) is 0.479. The van der Waals surface area contributed by atoms with Gasteiger partial charge >= 0.3 is 6.18 Å². The molecular weight excluding hydrogens is 287 g/mol. The van der Waals surface area contributed by atoms with Crippen molar-refractivity contribution in [2.24, 2.45) is 0 Å². The van der Waals surface area contributed by atoms with Crippen LogP contribution in [0.2, 0.25) is 0 Å². The third-order valence-electron chi connectivity index (χ3n) is 3.08. The molecule has 0 bridgehead atoms. The Kier molecular flexibility index (Phi) is 5.35. The summed E-state index contributed by atoms with van der Waals surface area (Å²) in [4.78, 5) is 0.237. The largest absolute Gasteiger partial charge is 0.417 e. The number of rotatable bonds is 7. The number of hydrogen-bond donors (Lipinski definition) is 2. The molecule has 112 valence electrons. The van der Waals surface area contributed by atoms with E-state index in [9.17, 15) is 13.2 Å². The number of thioether (sulfide) groups is 1. The number of alkyl halides is 3. The Morgan fingerprint density at radius 2 is 2.05 bits per heavy atom. The fraction of sp³-hybridized carbons (Fsp3) is 0.571. The third kappa shape index (κ3) is 4.68. The third-order valence-corrected chi connectivity index (χ3v) is 4.24. The van der Waals surface area contributed by atoms with Gasteiger partial charge in [-0.15, -0.1) is 11.8 Å². The van der Waals surface area contributed by atoms with Crippen molar-refractivity contribution in [2.45, 2.75) is 42.9 Å². The van der Waals surface area contributed by atoms with Gasteiger partial charge in [-0.05, 0) is 37.0 Å². The minimum absolute atomic E-state index is 0.00224. The topological polar surface area (TPSA) is 32.3 Å². The standard InChI is InChI=1S/C14H18F3NOS/c15-14(16,17)12-8-10(9-18-11-3-4-11)2-5-13(12)20-7-1-6-19/h2,5,8,11,18-19H,1,3-4,6-7,9H2. The number of aliphatic hydroxyl groups excluding tert-OH is 1. The highest BCUT2D eigenvalue weighted by Gasteiger charge is 2.33. The number of benzene rings is 1. The first kappa shape index (κ1) is 15.7. The molecule has 0 saturated heterocycles. The van der Waals surface area contributed by atoms with Crippen LogP contribution in [-0.4, -0.2) is 23.5 Å². The molecule has 1 fully saturated rings. The lowest BCUT2D eigenvalue weighted by Crippen LogP contribution is -2.16. The Labute approximate surface area is 120 Å². The molecule has 0 spiro atoms. The second kappa shape index (κ2) is 6.83. The van der Waals surface area contributed by atoms with Gasteiger partial charge in [0.15, 0.2) is 0 Å². The van der Waals surface area contributed by atoms with E-state index in [1.807, 2.05) is 0 Å². The Hall–Kier alpha value is -0.720. The predicted octanol–water partition coefficient (Wildman–Crippen LogP) is 3.43. The summed E-state index contributed by atoms with van der Waals surface area (Å²) < 4.78 is 39.2. The number of aliphatic hydroxyl groups is 1. The van der Waals surface area contributed by atoms with E-state index in [-0.39, 0.29) is 11.5 Å². The minimum atomic E-state index is -4.34. The fourth-order valence-corrected chi connectivity index (χ4v) is 2.82. The van der Waals surface area contributed by atoms with Gasteiger partial charge < -0.3 is 10.4 Å². The summed E-state index contributed by atoms with van der Waals surface area (Å²) in [6, 6.07) is 4.99. The van der Waals surface area contributed by atoms with Crippen LogP contribution >= 0.6 is 11.8 Å². The molecule has 6 heteroatoms. The van der Waals surface area contributed by atoms with Crippen LogP contribution in [0.15, 0.2) is 23.1 Å². The van der Waals surface area contributed by atoms with Crippen LogP contribution in [0.25, 0.3) is 0 Å². The van der Waals surface area contributed by atoms with Gasteiger partial charge in [0.2, 0.25) is 0 Å². The van der Waals surface area contributed by atoms with E-state index >= 15 is 0 Å². The highest BCUT2D eigenvalue weighted by molar-refractivity contribution is 7.99. The molecule has 0 atom stereocenters. The van der Waals surface area contributed by atoms with Crippen molar-refractivity contribution in [2.75, 3.05) is 12.4 Å². The van der Waals surface area contributed by atoms with Crippen molar-refractivity contribution in [3.63, 3.8) is 0 Å². The van der Waals surface area contributed by atoms with Crippen molar-refractivity contribution in [3.05, 3.63) is 29.3 Å². The van der Waals surface area contributed by atoms with Crippen molar-refractivity contribution in [1.82, 2.24) is 5.32 Å². The van der Waals surface area contributed by atoms with E-state index in [2.05, 4.69) is 5.32 Å². The molecule has 2 nitrogen and oxygen atoms in total. The van der Waals surface area contributed by atoms with Crippen molar-refractivity contribution >= 4 is 11.8 Å². The molecule has 1 aliphatic rings. The minimum Gasteiger partial charge on any atom is -0.396 e. The lowest BCUT2D eigenvalue weighted by atomic mass is 10.1. The molecule has 1 aliphatic carbocycles. The van der Waals surface area contributed by atoms with Crippen molar-refractivity contribution in [1.29, 1.82) is 0 Å². The SMILES string of the molecule is OCCCSc1ccc(CNC2CC2)cc1C(F)(F)F. The zero-order chi connectivity index (χ0) is 14.6. The van der Waals surface area contributed by atoms with Crippen LogP contribution in [0.1, 0.15) is 30.4 Å². The van der Waals surface area contributed by atoms with Gasteiger partial charge in [0.1, 0.15) is 0 Å². The summed E-state index contributed by atoms with van der Waals surface area (Å²) in [6.07, 6.45) is -1.62. The number of hydrogen-bond acceptors (Lipinski definition) is 3. The van der Waals surface area contributed by atoms with Crippen LogP contribution in [0.4, 0.5) is 13.2 Å². The molecule has 2 rings (SSSR count). The highest BCUT2D eigenvalue weighted by Crippen LogP contribution is 2.37. The van der Waals surface area contributed by atoms with E-state index in [1.54, 1.807) is 6.07 Å². The van der Waals surface area contributed by atoms with Crippen LogP contribution in [0, 0.1) is 0 Å². The first-order valence-electron chi connectivity index (χ1n) is 6.68. The average Bonchev–Trinajstić information content (AvgIpc) is 3.20. The van der Waals surface area contributed by atoms with Crippen molar-refractivity contribution < 1.29 is 18.3 Å². The number of nitrogens with one attached hydrogen (secondary N) is 1. The lowest BCUT2D eigenvalue weighted by Gasteiger charge is -2.14. The number of halogens is 3. The summed E-state index contributed by atoms with van der Waals surface area (Å²) >= 11 is 1.14. The average molecular weight is 305 g/mol. The van der Waals surface area contributed by atoms with E-state index in [1.165, 1.54) is 12.1 Å². The van der Waals surface area contributed by atoms with Gasteiger partial charge in [0.05, 0.1) is 5.56 Å². The first-order valence-corrected chi connectivity index (χ1v) is 7.66. The molecular formula is C14H18F3NOS. The molecule has 0 aliphatic heterocycles. The summed E-state index contributed by atoms with van der Waals surface area (Å²) in [7, 11) is 0. The Bertz CT molecular complexity index is 447. The van der Waals surface area contributed by atoms with E-state index in [0.29, 0.717) is 30.3 Å². The molecule has 1 saturated carbocycles. The van der Waals surface area contributed by atoms with Gasteiger partial charge in [-0.3, -0.25) is 0 Å². The predicted molar refractivity (Wildman–Crippen MR) is 73.7 cm³/mol. The van der Waals surface area contributed by atoms with Gasteiger partial charge in [0.25, 0.3) is 0 Å². The molecule has 1 aromatic carbocycles. The molecule has 0 amide bonds. The molecule has 0 heterocycles. The van der Waals surface area contributed by atoms with Gasteiger partial charge in [-0.2, -0.15) is 13.2 Å². The summed E-state index contributed by atoms with van der Waals surface area (Å²) in [5, 5.41) is 11.9. The second-order valence-corrected chi connectivity index (χ2v) is 6.05. The van der Waals surface area contributed by atoms with E-state index in [0.717, 1.165) is 24.6 Å². The van der Waals surface area contributed by atoms with E-state index in [4.69, 9.17) is 5.11 Å². The molecule has 20 heavy (non-hydrogen) atoms. The quantitative estimate of drug-likeness (QED) is 0.598.